The highest BCUT2D eigenvalue weighted by atomic mass is 16.3. The fourth-order valence-corrected chi connectivity index (χ4v) is 1.96. The second-order valence-corrected chi connectivity index (χ2v) is 4.57. The van der Waals surface area contributed by atoms with Gasteiger partial charge in [-0.1, -0.05) is 49.9 Å². The van der Waals surface area contributed by atoms with Crippen molar-refractivity contribution in [3.8, 4) is 0 Å². The normalized spacial score (nSPS) is 10.7. The molecule has 1 aromatic carbocycles. The maximum Gasteiger partial charge on any atom is 0.0681 e. The first-order chi connectivity index (χ1) is 8.36. The second-order valence-electron chi connectivity index (χ2n) is 4.57. The molecule has 1 aromatic rings. The van der Waals surface area contributed by atoms with E-state index in [-0.39, 0.29) is 6.61 Å². The van der Waals surface area contributed by atoms with Gasteiger partial charge in [-0.25, -0.2) is 0 Å². The van der Waals surface area contributed by atoms with Crippen molar-refractivity contribution >= 4 is 0 Å². The van der Waals surface area contributed by atoms with Crippen LogP contribution in [0.25, 0.3) is 0 Å². The molecule has 2 nitrogen and oxygen atoms in total. The van der Waals surface area contributed by atoms with Gasteiger partial charge in [0.15, 0.2) is 0 Å². The lowest BCUT2D eigenvalue weighted by molar-refractivity contribution is 0.282. The number of aryl methyl sites for hydroxylation is 1. The second kappa shape index (κ2) is 9.20. The fourth-order valence-electron chi connectivity index (χ4n) is 1.96. The molecule has 1 rings (SSSR count). The number of rotatable bonds is 9. The van der Waals surface area contributed by atoms with Crippen LogP contribution in [0.4, 0.5) is 0 Å². The molecule has 0 spiro atoms. The van der Waals surface area contributed by atoms with E-state index in [1.54, 1.807) is 0 Å². The van der Waals surface area contributed by atoms with Crippen molar-refractivity contribution in [3.05, 3.63) is 35.4 Å². The molecule has 2 heteroatoms. The molecule has 0 saturated heterocycles. The zero-order valence-corrected chi connectivity index (χ0v) is 10.6. The molecule has 0 heterocycles. The van der Waals surface area contributed by atoms with Gasteiger partial charge in [-0.05, 0) is 30.4 Å². The van der Waals surface area contributed by atoms with E-state index in [4.69, 9.17) is 10.2 Å². The van der Waals surface area contributed by atoms with E-state index >= 15 is 0 Å². The Bertz CT molecular complexity index is 279. The van der Waals surface area contributed by atoms with Crippen molar-refractivity contribution in [1.82, 2.24) is 0 Å². The molecule has 0 fully saturated rings. The third-order valence-corrected chi connectivity index (χ3v) is 3.08. The molecule has 0 amide bonds. The standard InChI is InChI=1S/C15H24O2/c16-12-6-4-2-1-3-5-7-14-8-10-15(13-17)11-9-14/h8-11,16-17H,1-7,12-13H2. The molecule has 0 bridgehead atoms. The van der Waals surface area contributed by atoms with Gasteiger partial charge in [0.1, 0.15) is 0 Å². The minimum atomic E-state index is 0.130. The summed E-state index contributed by atoms with van der Waals surface area (Å²) < 4.78 is 0. The quantitative estimate of drug-likeness (QED) is 0.647. The Balaban J connectivity index is 2.05. The average molecular weight is 236 g/mol. The summed E-state index contributed by atoms with van der Waals surface area (Å²) in [6.07, 6.45) is 8.25. The largest absolute Gasteiger partial charge is 0.396 e. The Morgan fingerprint density at radius 3 is 1.76 bits per heavy atom. The maximum absolute atomic E-state index is 8.93. The van der Waals surface area contributed by atoms with Gasteiger partial charge in [0, 0.05) is 6.61 Å². The van der Waals surface area contributed by atoms with Crippen LogP contribution in [0, 0.1) is 0 Å². The molecule has 0 aliphatic carbocycles. The van der Waals surface area contributed by atoms with Crippen LogP contribution in [-0.2, 0) is 13.0 Å². The number of benzene rings is 1. The molecular weight excluding hydrogens is 212 g/mol. The van der Waals surface area contributed by atoms with Gasteiger partial charge in [0.25, 0.3) is 0 Å². The number of unbranched alkanes of at least 4 members (excludes halogenated alkanes) is 5. The molecule has 0 radical (unpaired) electrons. The number of aliphatic hydroxyl groups excluding tert-OH is 2. The smallest absolute Gasteiger partial charge is 0.0681 e. The van der Waals surface area contributed by atoms with Crippen molar-refractivity contribution in [2.45, 2.75) is 51.6 Å². The summed E-state index contributed by atoms with van der Waals surface area (Å²) in [6, 6.07) is 8.21. The molecular formula is C15H24O2. The first-order valence-electron chi connectivity index (χ1n) is 6.66. The van der Waals surface area contributed by atoms with E-state index in [0.717, 1.165) is 24.8 Å². The molecule has 0 atom stereocenters. The van der Waals surface area contributed by atoms with Gasteiger partial charge in [-0.3, -0.25) is 0 Å². The number of hydrogen-bond donors (Lipinski definition) is 2. The minimum Gasteiger partial charge on any atom is -0.396 e. The predicted octanol–water partition coefficient (Wildman–Crippen LogP) is 3.05. The lowest BCUT2D eigenvalue weighted by Gasteiger charge is -2.03. The third-order valence-electron chi connectivity index (χ3n) is 3.08. The van der Waals surface area contributed by atoms with E-state index in [2.05, 4.69) is 12.1 Å². The molecule has 0 saturated carbocycles. The Kier molecular flexibility index (Phi) is 7.69. The van der Waals surface area contributed by atoms with Crippen LogP contribution in [0.15, 0.2) is 24.3 Å². The average Bonchev–Trinajstić information content (AvgIpc) is 2.38. The van der Waals surface area contributed by atoms with Gasteiger partial charge in [0.05, 0.1) is 6.61 Å². The van der Waals surface area contributed by atoms with Gasteiger partial charge in [-0.2, -0.15) is 0 Å². The summed E-state index contributed by atoms with van der Waals surface area (Å²) in [4.78, 5) is 0. The Morgan fingerprint density at radius 1 is 0.647 bits per heavy atom. The van der Waals surface area contributed by atoms with Crippen molar-refractivity contribution in [2.75, 3.05) is 6.61 Å². The highest BCUT2D eigenvalue weighted by molar-refractivity contribution is 5.21. The Hall–Kier alpha value is -0.860. The molecule has 0 aliphatic heterocycles. The summed E-state index contributed by atoms with van der Waals surface area (Å²) in [5, 5.41) is 17.6. The van der Waals surface area contributed by atoms with Crippen LogP contribution < -0.4 is 0 Å². The van der Waals surface area contributed by atoms with Crippen LogP contribution in [0.2, 0.25) is 0 Å². The summed E-state index contributed by atoms with van der Waals surface area (Å²) in [5.41, 5.74) is 2.34. The molecule has 17 heavy (non-hydrogen) atoms. The monoisotopic (exact) mass is 236 g/mol. The van der Waals surface area contributed by atoms with E-state index in [1.807, 2.05) is 12.1 Å². The highest BCUT2D eigenvalue weighted by Gasteiger charge is 1.95. The van der Waals surface area contributed by atoms with Gasteiger partial charge in [-0.15, -0.1) is 0 Å². The van der Waals surface area contributed by atoms with Crippen LogP contribution in [0.3, 0.4) is 0 Å². The topological polar surface area (TPSA) is 40.5 Å². The lowest BCUT2D eigenvalue weighted by atomic mass is 10.0. The highest BCUT2D eigenvalue weighted by Crippen LogP contribution is 2.11. The number of aliphatic hydroxyl groups is 2. The third kappa shape index (κ3) is 6.44. The maximum atomic E-state index is 8.93. The van der Waals surface area contributed by atoms with Crippen molar-refractivity contribution in [3.63, 3.8) is 0 Å². The van der Waals surface area contributed by atoms with E-state index < -0.39 is 0 Å². The molecule has 96 valence electrons. The minimum absolute atomic E-state index is 0.130. The molecule has 2 N–H and O–H groups in total. The predicted molar refractivity (Wildman–Crippen MR) is 70.9 cm³/mol. The van der Waals surface area contributed by atoms with Gasteiger partial charge >= 0.3 is 0 Å². The number of hydrogen-bond acceptors (Lipinski definition) is 2. The first kappa shape index (κ1) is 14.2. The summed E-state index contributed by atoms with van der Waals surface area (Å²) in [5.74, 6) is 0. The van der Waals surface area contributed by atoms with Crippen LogP contribution >= 0.6 is 0 Å². The zero-order valence-electron chi connectivity index (χ0n) is 10.6. The van der Waals surface area contributed by atoms with Crippen molar-refractivity contribution in [1.29, 1.82) is 0 Å². The van der Waals surface area contributed by atoms with Crippen LogP contribution in [-0.4, -0.2) is 16.8 Å². The van der Waals surface area contributed by atoms with Crippen molar-refractivity contribution < 1.29 is 10.2 Å². The molecule has 0 unspecified atom stereocenters. The van der Waals surface area contributed by atoms with E-state index in [1.165, 1.54) is 31.2 Å². The Morgan fingerprint density at radius 2 is 1.18 bits per heavy atom. The molecule has 0 aliphatic rings. The SMILES string of the molecule is OCCCCCCCCc1ccc(CO)cc1. The summed E-state index contributed by atoms with van der Waals surface area (Å²) in [7, 11) is 0. The van der Waals surface area contributed by atoms with Crippen LogP contribution in [0.5, 0.6) is 0 Å². The molecule has 0 aromatic heterocycles. The summed E-state index contributed by atoms with van der Waals surface area (Å²) >= 11 is 0. The zero-order chi connectivity index (χ0) is 12.3. The van der Waals surface area contributed by atoms with Crippen LogP contribution in [0.1, 0.15) is 49.7 Å². The van der Waals surface area contributed by atoms with E-state index in [9.17, 15) is 0 Å². The summed E-state index contributed by atoms with van der Waals surface area (Å²) in [6.45, 7) is 0.461. The first-order valence-corrected chi connectivity index (χ1v) is 6.66. The fraction of sp³-hybridized carbons (Fsp3) is 0.600. The van der Waals surface area contributed by atoms with Crippen molar-refractivity contribution in [2.24, 2.45) is 0 Å². The lowest BCUT2D eigenvalue weighted by Crippen LogP contribution is -1.89. The van der Waals surface area contributed by atoms with Gasteiger partial charge in [0.2, 0.25) is 0 Å². The van der Waals surface area contributed by atoms with E-state index in [0.29, 0.717) is 6.61 Å². The Labute approximate surface area is 104 Å². The van der Waals surface area contributed by atoms with Gasteiger partial charge < -0.3 is 10.2 Å².